The summed E-state index contributed by atoms with van der Waals surface area (Å²) in [5, 5.41) is 10.9. The lowest BCUT2D eigenvalue weighted by Crippen LogP contribution is -2.38. The lowest BCUT2D eigenvalue weighted by Gasteiger charge is -2.30. The molecule has 8 heteroatoms. The molecular weight excluding hydrogens is 338 g/mol. The third-order valence-electron chi connectivity index (χ3n) is 4.30. The maximum absolute atomic E-state index is 12.6. The van der Waals surface area contributed by atoms with Gasteiger partial charge in [0.15, 0.2) is 6.61 Å². The Kier molecular flexibility index (Phi) is 4.92. The van der Waals surface area contributed by atoms with E-state index in [1.807, 2.05) is 18.2 Å². The smallest absolute Gasteiger partial charge is 0.311 e. The summed E-state index contributed by atoms with van der Waals surface area (Å²) in [6.45, 7) is 0.414. The fraction of sp³-hybridized carbons (Fsp3) is 0.278. The summed E-state index contributed by atoms with van der Waals surface area (Å²) >= 11 is 0. The molecule has 0 unspecified atom stereocenters. The van der Waals surface area contributed by atoms with Gasteiger partial charge in [-0.1, -0.05) is 6.07 Å². The minimum atomic E-state index is -0.539. The standard InChI is InChI=1S/C18H19N3O5/c1-25-17-10-12(7-8-16(17)21(23)24)26-11-18(22)20-9-3-4-13-14(19)5-2-6-15(13)20/h2,5-8,10H,3-4,9,11,19H2,1H3. The van der Waals surface area contributed by atoms with E-state index in [2.05, 4.69) is 0 Å². The summed E-state index contributed by atoms with van der Waals surface area (Å²) in [7, 11) is 1.34. The molecule has 1 aliphatic rings. The lowest BCUT2D eigenvalue weighted by molar-refractivity contribution is -0.385. The van der Waals surface area contributed by atoms with Crippen LogP contribution in [0.5, 0.6) is 11.5 Å². The van der Waals surface area contributed by atoms with Gasteiger partial charge in [0.1, 0.15) is 5.75 Å². The Morgan fingerprint density at radius 1 is 1.35 bits per heavy atom. The molecule has 0 saturated carbocycles. The normalized spacial score (nSPS) is 13.0. The van der Waals surface area contributed by atoms with Gasteiger partial charge in [-0.2, -0.15) is 0 Å². The van der Waals surface area contributed by atoms with Crippen LogP contribution < -0.4 is 20.1 Å². The third-order valence-corrected chi connectivity index (χ3v) is 4.30. The number of nitrogens with two attached hydrogens (primary N) is 1. The van der Waals surface area contributed by atoms with Crippen molar-refractivity contribution in [1.82, 2.24) is 0 Å². The van der Waals surface area contributed by atoms with E-state index in [4.69, 9.17) is 15.2 Å². The largest absolute Gasteiger partial charge is 0.490 e. The number of methoxy groups -OCH3 is 1. The van der Waals surface area contributed by atoms with Gasteiger partial charge in [0.05, 0.1) is 12.0 Å². The third kappa shape index (κ3) is 3.39. The first-order valence-corrected chi connectivity index (χ1v) is 8.14. The Hall–Kier alpha value is -3.29. The Morgan fingerprint density at radius 2 is 2.15 bits per heavy atom. The summed E-state index contributed by atoms with van der Waals surface area (Å²) in [6, 6.07) is 9.64. The van der Waals surface area contributed by atoms with Crippen LogP contribution in [0.15, 0.2) is 36.4 Å². The van der Waals surface area contributed by atoms with E-state index in [0.29, 0.717) is 18.0 Å². The highest BCUT2D eigenvalue weighted by atomic mass is 16.6. The second kappa shape index (κ2) is 7.30. The Bertz CT molecular complexity index is 853. The molecule has 8 nitrogen and oxygen atoms in total. The Balaban J connectivity index is 1.73. The number of nitrogen functional groups attached to an aromatic ring is 1. The van der Waals surface area contributed by atoms with Crippen LogP contribution in [-0.2, 0) is 11.2 Å². The predicted molar refractivity (Wildman–Crippen MR) is 96.7 cm³/mol. The number of rotatable bonds is 5. The molecule has 0 saturated heterocycles. The van der Waals surface area contributed by atoms with Gasteiger partial charge in [0, 0.05) is 30.1 Å². The van der Waals surface area contributed by atoms with Gasteiger partial charge in [-0.25, -0.2) is 0 Å². The van der Waals surface area contributed by atoms with Crippen molar-refractivity contribution >= 4 is 23.0 Å². The van der Waals surface area contributed by atoms with Crippen LogP contribution in [0.1, 0.15) is 12.0 Å². The molecule has 0 radical (unpaired) electrons. The van der Waals surface area contributed by atoms with Crippen molar-refractivity contribution in [2.24, 2.45) is 0 Å². The zero-order valence-corrected chi connectivity index (χ0v) is 14.3. The van der Waals surface area contributed by atoms with E-state index in [9.17, 15) is 14.9 Å². The van der Waals surface area contributed by atoms with Gasteiger partial charge in [-0.3, -0.25) is 14.9 Å². The molecule has 0 aliphatic carbocycles. The van der Waals surface area contributed by atoms with E-state index in [0.717, 1.165) is 24.1 Å². The molecule has 2 aromatic rings. The van der Waals surface area contributed by atoms with Crippen molar-refractivity contribution in [3.63, 3.8) is 0 Å². The molecule has 1 amide bonds. The molecule has 0 spiro atoms. The summed E-state index contributed by atoms with van der Waals surface area (Å²) in [5.41, 5.74) is 8.31. The minimum Gasteiger partial charge on any atom is -0.490 e. The number of carbonyl (C=O) groups is 1. The lowest BCUT2D eigenvalue weighted by atomic mass is 10.00. The van der Waals surface area contributed by atoms with Gasteiger partial charge in [0.2, 0.25) is 5.75 Å². The number of fused-ring (bicyclic) bond motifs is 1. The maximum Gasteiger partial charge on any atom is 0.311 e. The van der Waals surface area contributed by atoms with Crippen molar-refractivity contribution in [2.45, 2.75) is 12.8 Å². The highest BCUT2D eigenvalue weighted by Crippen LogP contribution is 2.32. The molecule has 2 aromatic carbocycles. The number of nitro benzene ring substituents is 1. The second-order valence-electron chi connectivity index (χ2n) is 5.87. The minimum absolute atomic E-state index is 0.0797. The number of nitrogens with zero attached hydrogens (tertiary/aromatic N) is 2. The molecule has 26 heavy (non-hydrogen) atoms. The molecule has 0 aromatic heterocycles. The predicted octanol–water partition coefficient (Wildman–Crippen LogP) is 2.54. The number of hydrogen-bond acceptors (Lipinski definition) is 6. The van der Waals surface area contributed by atoms with Gasteiger partial charge in [-0.05, 0) is 36.6 Å². The van der Waals surface area contributed by atoms with Crippen molar-refractivity contribution in [3.05, 3.63) is 52.1 Å². The van der Waals surface area contributed by atoms with E-state index < -0.39 is 4.92 Å². The molecule has 0 fully saturated rings. The highest BCUT2D eigenvalue weighted by Gasteiger charge is 2.24. The summed E-state index contributed by atoms with van der Waals surface area (Å²) < 4.78 is 10.5. The SMILES string of the molecule is COc1cc(OCC(=O)N2CCCc3c(N)cccc32)ccc1[N+](=O)[O-]. The summed E-state index contributed by atoms with van der Waals surface area (Å²) in [6.07, 6.45) is 1.67. The summed E-state index contributed by atoms with van der Waals surface area (Å²) in [4.78, 5) is 24.6. The Morgan fingerprint density at radius 3 is 2.88 bits per heavy atom. The molecule has 136 valence electrons. The fourth-order valence-corrected chi connectivity index (χ4v) is 3.03. The van der Waals surface area contributed by atoms with Crippen LogP contribution in [-0.4, -0.2) is 31.1 Å². The first-order valence-electron chi connectivity index (χ1n) is 8.14. The van der Waals surface area contributed by atoms with Gasteiger partial charge < -0.3 is 20.1 Å². The molecule has 1 heterocycles. The number of amides is 1. The fourth-order valence-electron chi connectivity index (χ4n) is 3.03. The quantitative estimate of drug-likeness (QED) is 0.500. The van der Waals surface area contributed by atoms with E-state index in [1.165, 1.54) is 25.3 Å². The van der Waals surface area contributed by atoms with E-state index >= 15 is 0 Å². The molecule has 1 aliphatic heterocycles. The monoisotopic (exact) mass is 357 g/mol. The van der Waals surface area contributed by atoms with Crippen LogP contribution >= 0.6 is 0 Å². The first kappa shape index (κ1) is 17.5. The zero-order chi connectivity index (χ0) is 18.7. The second-order valence-corrected chi connectivity index (χ2v) is 5.87. The van der Waals surface area contributed by atoms with Crippen molar-refractivity contribution < 1.29 is 19.2 Å². The first-order chi connectivity index (χ1) is 12.5. The molecule has 0 bridgehead atoms. The molecule has 3 rings (SSSR count). The average molecular weight is 357 g/mol. The topological polar surface area (TPSA) is 108 Å². The number of benzene rings is 2. The average Bonchev–Trinajstić information content (AvgIpc) is 2.65. The van der Waals surface area contributed by atoms with Crippen LogP contribution in [0.25, 0.3) is 0 Å². The van der Waals surface area contributed by atoms with E-state index in [1.54, 1.807) is 4.90 Å². The molecule has 0 atom stereocenters. The van der Waals surface area contributed by atoms with Gasteiger partial charge >= 0.3 is 5.69 Å². The van der Waals surface area contributed by atoms with Gasteiger partial charge in [0.25, 0.3) is 5.91 Å². The molecule has 2 N–H and O–H groups in total. The number of carbonyl (C=O) groups excluding carboxylic acids is 1. The van der Waals surface area contributed by atoms with Crippen molar-refractivity contribution in [1.29, 1.82) is 0 Å². The Labute approximate surface area is 150 Å². The van der Waals surface area contributed by atoms with E-state index in [-0.39, 0.29) is 24.0 Å². The maximum atomic E-state index is 12.6. The zero-order valence-electron chi connectivity index (χ0n) is 14.3. The van der Waals surface area contributed by atoms with Crippen molar-refractivity contribution in [2.75, 3.05) is 30.9 Å². The van der Waals surface area contributed by atoms with Crippen LogP contribution in [0.4, 0.5) is 17.1 Å². The number of nitro groups is 1. The summed E-state index contributed by atoms with van der Waals surface area (Å²) in [5.74, 6) is 0.204. The van der Waals surface area contributed by atoms with Crippen LogP contribution in [0.2, 0.25) is 0 Å². The van der Waals surface area contributed by atoms with Crippen LogP contribution in [0.3, 0.4) is 0 Å². The highest BCUT2D eigenvalue weighted by molar-refractivity contribution is 5.96. The van der Waals surface area contributed by atoms with Crippen molar-refractivity contribution in [3.8, 4) is 11.5 Å². The number of ether oxygens (including phenoxy) is 2. The number of hydrogen-bond donors (Lipinski definition) is 1. The number of anilines is 2. The van der Waals surface area contributed by atoms with Crippen LogP contribution in [0, 0.1) is 10.1 Å². The molecular formula is C18H19N3O5. The van der Waals surface area contributed by atoms with Gasteiger partial charge in [-0.15, -0.1) is 0 Å².